The lowest BCUT2D eigenvalue weighted by Gasteiger charge is -2.17. The number of hydrogen-bond donors (Lipinski definition) is 0. The fourth-order valence-corrected chi connectivity index (χ4v) is 4.62. The highest BCUT2D eigenvalue weighted by molar-refractivity contribution is 5.94. The van der Waals surface area contributed by atoms with Crippen LogP contribution in [0.4, 0.5) is 0 Å². The van der Waals surface area contributed by atoms with Gasteiger partial charge in [0.25, 0.3) is 0 Å². The molecule has 32 heavy (non-hydrogen) atoms. The first-order valence-corrected chi connectivity index (χ1v) is 11.0. The number of benzene rings is 3. The van der Waals surface area contributed by atoms with Crippen LogP contribution in [-0.4, -0.2) is 4.57 Å². The van der Waals surface area contributed by atoms with Gasteiger partial charge in [0.05, 0.1) is 11.6 Å². The van der Waals surface area contributed by atoms with Crippen molar-refractivity contribution in [3.63, 3.8) is 0 Å². The summed E-state index contributed by atoms with van der Waals surface area (Å²) < 4.78 is 2.40. The zero-order valence-corrected chi connectivity index (χ0v) is 18.1. The third kappa shape index (κ3) is 3.49. The van der Waals surface area contributed by atoms with Gasteiger partial charge in [-0.1, -0.05) is 85.0 Å². The summed E-state index contributed by atoms with van der Waals surface area (Å²) in [6.45, 7) is 1.90. The fourth-order valence-electron chi connectivity index (χ4n) is 4.62. The smallest absolute Gasteiger partial charge is 0.0987 e. The van der Waals surface area contributed by atoms with Crippen LogP contribution in [0.15, 0.2) is 109 Å². The Balaban J connectivity index is 1.65. The molecule has 0 saturated carbocycles. The molecule has 0 aliphatic heterocycles. The quantitative estimate of drug-likeness (QED) is 0.249. The topological polar surface area (TPSA) is 28.7 Å². The molecule has 0 radical (unpaired) electrons. The van der Waals surface area contributed by atoms with Gasteiger partial charge in [0, 0.05) is 40.2 Å². The molecular weight excluding hydrogens is 388 g/mol. The lowest BCUT2D eigenvalue weighted by atomic mass is 9.90. The van der Waals surface area contributed by atoms with Gasteiger partial charge in [0.2, 0.25) is 0 Å². The molecule has 0 N–H and O–H groups in total. The number of fused-ring (bicyclic) bond motifs is 3. The summed E-state index contributed by atoms with van der Waals surface area (Å²) in [5.41, 5.74) is 8.17. The zero-order chi connectivity index (χ0) is 21.9. The SMILES string of the molecule is C/C=C(C#N)\C=C/C(c1ccccc1)c1cccc(-n2c3c(c4ccccc42)C=CC3)c1. The number of nitrogens with zero attached hydrogens (tertiary/aromatic N) is 2. The molecule has 3 aromatic carbocycles. The van der Waals surface area contributed by atoms with Gasteiger partial charge >= 0.3 is 0 Å². The van der Waals surface area contributed by atoms with Gasteiger partial charge in [-0.25, -0.2) is 0 Å². The normalized spacial score (nSPS) is 14.1. The van der Waals surface area contributed by atoms with E-state index in [-0.39, 0.29) is 5.92 Å². The van der Waals surface area contributed by atoms with E-state index in [1.807, 2.05) is 25.1 Å². The molecule has 5 rings (SSSR count). The standard InChI is InChI=1S/C30H24N2/c1-2-22(21-31)18-19-26(23-10-4-3-5-11-23)24-12-8-13-25(20-24)32-29-16-7-6-14-27(29)28-15-9-17-30(28)32/h2-16,18-20,26H,17H2,1H3/b19-18-,22-2+. The van der Waals surface area contributed by atoms with E-state index in [2.05, 4.69) is 102 Å². The molecule has 0 spiro atoms. The lowest BCUT2D eigenvalue weighted by Crippen LogP contribution is -2.03. The van der Waals surface area contributed by atoms with Crippen molar-refractivity contribution in [2.45, 2.75) is 19.3 Å². The molecule has 0 bridgehead atoms. The van der Waals surface area contributed by atoms with Crippen molar-refractivity contribution < 1.29 is 0 Å². The molecule has 1 unspecified atom stereocenters. The predicted octanol–water partition coefficient (Wildman–Crippen LogP) is 7.36. The second kappa shape index (κ2) is 8.57. The fraction of sp³-hybridized carbons (Fsp3) is 0.100. The number of rotatable bonds is 5. The monoisotopic (exact) mass is 412 g/mol. The van der Waals surface area contributed by atoms with Crippen LogP contribution in [0.3, 0.4) is 0 Å². The van der Waals surface area contributed by atoms with Crippen molar-refractivity contribution in [1.29, 1.82) is 5.26 Å². The van der Waals surface area contributed by atoms with E-state index >= 15 is 0 Å². The summed E-state index contributed by atoms with van der Waals surface area (Å²) in [6, 6.07) is 30.1. The number of nitriles is 1. The first-order chi connectivity index (χ1) is 15.8. The van der Waals surface area contributed by atoms with Gasteiger partial charge in [-0.2, -0.15) is 5.26 Å². The second-order valence-electron chi connectivity index (χ2n) is 8.02. The highest BCUT2D eigenvalue weighted by Gasteiger charge is 2.19. The van der Waals surface area contributed by atoms with Crippen molar-refractivity contribution in [2.75, 3.05) is 0 Å². The van der Waals surface area contributed by atoms with E-state index in [0.717, 1.165) is 6.42 Å². The summed E-state index contributed by atoms with van der Waals surface area (Å²) in [4.78, 5) is 0. The minimum absolute atomic E-state index is 0.0625. The molecule has 4 aromatic rings. The Morgan fingerprint density at radius 3 is 2.56 bits per heavy atom. The Morgan fingerprint density at radius 1 is 0.969 bits per heavy atom. The molecule has 0 fully saturated rings. The number of aromatic nitrogens is 1. The van der Waals surface area contributed by atoms with E-state index in [9.17, 15) is 5.26 Å². The van der Waals surface area contributed by atoms with E-state index < -0.39 is 0 Å². The predicted molar refractivity (Wildman–Crippen MR) is 133 cm³/mol. The molecule has 2 heteroatoms. The van der Waals surface area contributed by atoms with E-state index in [4.69, 9.17) is 0 Å². The molecule has 2 nitrogen and oxygen atoms in total. The molecule has 1 heterocycles. The molecule has 1 aromatic heterocycles. The van der Waals surface area contributed by atoms with Crippen molar-refractivity contribution >= 4 is 17.0 Å². The van der Waals surface area contributed by atoms with Gasteiger partial charge in [-0.15, -0.1) is 0 Å². The Morgan fingerprint density at radius 2 is 1.75 bits per heavy atom. The summed E-state index contributed by atoms with van der Waals surface area (Å²) in [7, 11) is 0. The van der Waals surface area contributed by atoms with Crippen LogP contribution < -0.4 is 0 Å². The average Bonchev–Trinajstić information content (AvgIpc) is 3.44. The summed E-state index contributed by atoms with van der Waals surface area (Å²) in [5.74, 6) is 0.0625. The maximum atomic E-state index is 9.36. The minimum atomic E-state index is 0.0625. The highest BCUT2D eigenvalue weighted by Crippen LogP contribution is 2.35. The van der Waals surface area contributed by atoms with Crippen LogP contribution in [0.5, 0.6) is 0 Å². The third-order valence-corrected chi connectivity index (χ3v) is 6.17. The second-order valence-corrected chi connectivity index (χ2v) is 8.02. The van der Waals surface area contributed by atoms with Crippen molar-refractivity contribution in [1.82, 2.24) is 4.57 Å². The summed E-state index contributed by atoms with van der Waals surface area (Å²) in [6.07, 6.45) is 11.3. The van der Waals surface area contributed by atoms with Crippen LogP contribution in [-0.2, 0) is 6.42 Å². The largest absolute Gasteiger partial charge is 0.313 e. The Bertz CT molecular complexity index is 1410. The van der Waals surface area contributed by atoms with Crippen molar-refractivity contribution in [2.24, 2.45) is 0 Å². The van der Waals surface area contributed by atoms with Crippen LogP contribution in [0.2, 0.25) is 0 Å². The molecule has 1 atom stereocenters. The van der Waals surface area contributed by atoms with Crippen molar-refractivity contribution in [3.05, 3.63) is 131 Å². The van der Waals surface area contributed by atoms with Gasteiger partial charge in [-0.05, 0) is 42.3 Å². The van der Waals surface area contributed by atoms with Crippen LogP contribution >= 0.6 is 0 Å². The minimum Gasteiger partial charge on any atom is -0.313 e. The molecule has 0 amide bonds. The van der Waals surface area contributed by atoms with E-state index in [1.165, 1.54) is 39.0 Å². The lowest BCUT2D eigenvalue weighted by molar-refractivity contribution is 0.984. The van der Waals surface area contributed by atoms with Crippen LogP contribution in [0.25, 0.3) is 22.7 Å². The van der Waals surface area contributed by atoms with Crippen molar-refractivity contribution in [3.8, 4) is 11.8 Å². The number of hydrogen-bond acceptors (Lipinski definition) is 1. The van der Waals surface area contributed by atoms with Gasteiger partial charge in [-0.3, -0.25) is 0 Å². The Kier molecular flexibility index (Phi) is 5.32. The highest BCUT2D eigenvalue weighted by atomic mass is 15.0. The van der Waals surface area contributed by atoms with E-state index in [1.54, 1.807) is 0 Å². The van der Waals surface area contributed by atoms with Gasteiger partial charge in [0.1, 0.15) is 0 Å². The van der Waals surface area contributed by atoms with Crippen LogP contribution in [0, 0.1) is 11.3 Å². The number of allylic oxidation sites excluding steroid dienone is 5. The third-order valence-electron chi connectivity index (χ3n) is 6.17. The van der Waals surface area contributed by atoms with Gasteiger partial charge < -0.3 is 4.57 Å². The van der Waals surface area contributed by atoms with Gasteiger partial charge in [0.15, 0.2) is 0 Å². The van der Waals surface area contributed by atoms with Crippen LogP contribution in [0.1, 0.15) is 35.2 Å². The Hall–Kier alpha value is -4.09. The molecular formula is C30H24N2. The van der Waals surface area contributed by atoms with E-state index in [0.29, 0.717) is 5.57 Å². The zero-order valence-electron chi connectivity index (χ0n) is 18.1. The number of para-hydroxylation sites is 1. The maximum Gasteiger partial charge on any atom is 0.0987 e. The maximum absolute atomic E-state index is 9.36. The molecule has 154 valence electrons. The summed E-state index contributed by atoms with van der Waals surface area (Å²) in [5, 5.41) is 10.7. The molecule has 1 aliphatic rings. The molecule has 1 aliphatic carbocycles. The first kappa shape index (κ1) is 19.8. The Labute approximate surface area is 189 Å². The first-order valence-electron chi connectivity index (χ1n) is 11.0. The average molecular weight is 413 g/mol. The molecule has 0 saturated heterocycles. The summed E-state index contributed by atoms with van der Waals surface area (Å²) >= 11 is 0.